The number of nitrogens with two attached hydrogens (primary N) is 1. The summed E-state index contributed by atoms with van der Waals surface area (Å²) in [5.41, 5.74) is 8.10. The molecule has 9 heteroatoms. The highest BCUT2D eigenvalue weighted by molar-refractivity contribution is 7.98. The van der Waals surface area contributed by atoms with Gasteiger partial charge in [-0.3, -0.25) is 4.79 Å². The highest BCUT2D eigenvalue weighted by Gasteiger charge is 2.22. The fourth-order valence-corrected chi connectivity index (χ4v) is 4.78. The predicted molar refractivity (Wildman–Crippen MR) is 130 cm³/mol. The van der Waals surface area contributed by atoms with Crippen molar-refractivity contribution in [3.8, 4) is 22.9 Å². The third-order valence-corrected chi connectivity index (χ3v) is 6.55. The number of primary amides is 1. The van der Waals surface area contributed by atoms with Gasteiger partial charge in [-0.2, -0.15) is 5.26 Å². The van der Waals surface area contributed by atoms with Crippen molar-refractivity contribution in [2.75, 3.05) is 13.2 Å². The molecule has 34 heavy (non-hydrogen) atoms. The van der Waals surface area contributed by atoms with Crippen LogP contribution in [0.25, 0.3) is 16.0 Å². The molecule has 0 bridgehead atoms. The van der Waals surface area contributed by atoms with Gasteiger partial charge in [0.2, 0.25) is 11.6 Å². The molecule has 2 N–H and O–H groups in total. The lowest BCUT2D eigenvalue weighted by Gasteiger charge is -2.15. The second-order valence-corrected chi connectivity index (χ2v) is 8.83. The molecule has 3 aromatic rings. The van der Waals surface area contributed by atoms with E-state index in [2.05, 4.69) is 15.9 Å². The minimum atomic E-state index is -0.512. The van der Waals surface area contributed by atoms with Gasteiger partial charge in [-0.25, -0.2) is 9.83 Å². The van der Waals surface area contributed by atoms with Crippen LogP contribution in [0.15, 0.2) is 53.6 Å². The average Bonchev–Trinajstić information content (AvgIpc) is 3.36. The van der Waals surface area contributed by atoms with Crippen molar-refractivity contribution in [1.29, 1.82) is 5.26 Å². The first-order valence-electron chi connectivity index (χ1n) is 10.4. The van der Waals surface area contributed by atoms with Crippen LogP contribution in [0, 0.1) is 17.9 Å². The average molecular weight is 491 g/mol. The van der Waals surface area contributed by atoms with E-state index >= 15 is 0 Å². The number of amides is 1. The number of hydrogen-bond acceptors (Lipinski definition) is 6. The summed E-state index contributed by atoms with van der Waals surface area (Å²) in [6.45, 7) is 8.86. The number of nitrogens with zero attached hydrogens (tertiary/aromatic N) is 3. The number of ether oxygens (including phenoxy) is 2. The number of hydrogen-bond donors (Lipinski definition) is 1. The Hall–Kier alpha value is -3.56. The molecule has 1 fully saturated rings. The zero-order valence-corrected chi connectivity index (χ0v) is 19.5. The molecular formula is C25H19ClN4O3S. The summed E-state index contributed by atoms with van der Waals surface area (Å²) >= 11 is 7.66. The number of carbonyl (C=O) groups excluding carboxylic acids is 1. The number of thioether (sulfide) groups is 1. The van der Waals surface area contributed by atoms with Gasteiger partial charge < -0.3 is 15.2 Å². The van der Waals surface area contributed by atoms with E-state index in [1.165, 1.54) is 11.8 Å². The molecule has 0 aliphatic carbocycles. The molecule has 170 valence electrons. The molecule has 4 rings (SSSR count). The lowest BCUT2D eigenvalue weighted by molar-refractivity contribution is 0.1000. The number of carbonyl (C=O) groups is 1. The van der Waals surface area contributed by atoms with E-state index in [0.717, 1.165) is 12.0 Å². The van der Waals surface area contributed by atoms with Crippen molar-refractivity contribution in [3.05, 3.63) is 81.8 Å². The fraction of sp³-hybridized carbons (Fsp3) is 0.200. The van der Waals surface area contributed by atoms with Gasteiger partial charge >= 0.3 is 0 Å². The Kier molecular flexibility index (Phi) is 7.34. The van der Waals surface area contributed by atoms with Crippen molar-refractivity contribution in [3.63, 3.8) is 0 Å². The van der Waals surface area contributed by atoms with Gasteiger partial charge in [0.15, 0.2) is 0 Å². The Morgan fingerprint density at radius 2 is 2.15 bits per heavy atom. The Bertz CT molecular complexity index is 1310. The maximum Gasteiger partial charge on any atom is 0.248 e. The van der Waals surface area contributed by atoms with Gasteiger partial charge in [-0.1, -0.05) is 35.9 Å². The quantitative estimate of drug-likeness (QED) is 0.271. The van der Waals surface area contributed by atoms with Gasteiger partial charge in [0.1, 0.15) is 28.1 Å². The van der Waals surface area contributed by atoms with Crippen LogP contribution in [0.2, 0.25) is 5.15 Å². The summed E-state index contributed by atoms with van der Waals surface area (Å²) < 4.78 is 11.3. The molecular weight excluding hydrogens is 472 g/mol. The molecule has 1 atom stereocenters. The van der Waals surface area contributed by atoms with E-state index in [-0.39, 0.29) is 22.5 Å². The second kappa shape index (κ2) is 10.6. The van der Waals surface area contributed by atoms with Gasteiger partial charge in [-0.15, -0.1) is 11.8 Å². The molecule has 2 heterocycles. The van der Waals surface area contributed by atoms with Crippen LogP contribution in [0.1, 0.15) is 27.9 Å². The molecule has 1 aliphatic rings. The van der Waals surface area contributed by atoms with Crippen LogP contribution in [0.3, 0.4) is 0 Å². The van der Waals surface area contributed by atoms with E-state index in [1.54, 1.807) is 42.5 Å². The van der Waals surface area contributed by atoms with E-state index in [4.69, 9.17) is 33.4 Å². The molecule has 0 radical (unpaired) electrons. The Morgan fingerprint density at radius 1 is 1.35 bits per heavy atom. The van der Waals surface area contributed by atoms with Crippen molar-refractivity contribution in [1.82, 2.24) is 4.98 Å². The van der Waals surface area contributed by atoms with Crippen molar-refractivity contribution < 1.29 is 14.3 Å². The maximum absolute atomic E-state index is 11.5. The third kappa shape index (κ3) is 5.16. The number of nitriles is 1. The van der Waals surface area contributed by atoms with Gasteiger partial charge in [0.05, 0.1) is 25.3 Å². The minimum absolute atomic E-state index is 0.0192. The highest BCUT2D eigenvalue weighted by Crippen LogP contribution is 2.42. The van der Waals surface area contributed by atoms with E-state index in [0.29, 0.717) is 46.4 Å². The highest BCUT2D eigenvalue weighted by atomic mass is 35.5. The molecule has 0 spiro atoms. The predicted octanol–water partition coefficient (Wildman–Crippen LogP) is 5.38. The van der Waals surface area contributed by atoms with Crippen molar-refractivity contribution in [2.24, 2.45) is 5.73 Å². The van der Waals surface area contributed by atoms with Gasteiger partial charge in [0.25, 0.3) is 0 Å². The van der Waals surface area contributed by atoms with Crippen molar-refractivity contribution >= 4 is 35.0 Å². The summed E-state index contributed by atoms with van der Waals surface area (Å²) in [6, 6.07) is 16.4. The first-order valence-corrected chi connectivity index (χ1v) is 11.7. The van der Waals surface area contributed by atoms with E-state index < -0.39 is 5.91 Å². The van der Waals surface area contributed by atoms with Crippen LogP contribution in [0.4, 0.5) is 5.69 Å². The summed E-state index contributed by atoms with van der Waals surface area (Å²) in [5.74, 6) is 0.611. The van der Waals surface area contributed by atoms with Gasteiger partial charge in [-0.05, 0) is 35.4 Å². The Morgan fingerprint density at radius 3 is 2.79 bits per heavy atom. The second-order valence-electron chi connectivity index (χ2n) is 7.51. The molecule has 1 unspecified atom stereocenters. The number of pyridine rings is 1. The monoisotopic (exact) mass is 490 g/mol. The summed E-state index contributed by atoms with van der Waals surface area (Å²) in [4.78, 5) is 19.3. The van der Waals surface area contributed by atoms with Crippen LogP contribution in [-0.2, 0) is 10.5 Å². The standard InChI is InChI=1S/C25H19ClN4O3S/c1-29-22-21(16-5-7-18(8-6-16)33-19-9-10-32-13-19)20(12-27)25(30-23(22)26)34-14-15-3-2-4-17(11-15)24(28)31/h2-8,11,19H,9-10,13-14H2,(H2,28,31). The van der Waals surface area contributed by atoms with E-state index in [1.807, 2.05) is 6.07 Å². The fourth-order valence-electron chi connectivity index (χ4n) is 3.58. The molecule has 0 saturated carbocycles. The zero-order valence-electron chi connectivity index (χ0n) is 18.0. The minimum Gasteiger partial charge on any atom is -0.488 e. The zero-order chi connectivity index (χ0) is 24.1. The molecule has 1 aliphatic heterocycles. The third-order valence-electron chi connectivity index (χ3n) is 5.24. The molecule has 7 nitrogen and oxygen atoms in total. The Balaban J connectivity index is 1.66. The van der Waals surface area contributed by atoms with Gasteiger partial charge in [0, 0.05) is 23.3 Å². The van der Waals surface area contributed by atoms with Crippen LogP contribution in [-0.4, -0.2) is 30.2 Å². The first kappa shape index (κ1) is 23.6. The number of halogens is 1. The topological polar surface area (TPSA) is 103 Å². The summed E-state index contributed by atoms with van der Waals surface area (Å²) in [5, 5.41) is 10.4. The number of benzene rings is 2. The normalized spacial score (nSPS) is 14.9. The van der Waals surface area contributed by atoms with Crippen LogP contribution < -0.4 is 10.5 Å². The summed E-state index contributed by atoms with van der Waals surface area (Å²) in [7, 11) is 0. The molecule has 1 aromatic heterocycles. The van der Waals surface area contributed by atoms with E-state index in [9.17, 15) is 10.1 Å². The largest absolute Gasteiger partial charge is 0.488 e. The first-order chi connectivity index (χ1) is 16.5. The maximum atomic E-state index is 11.5. The number of aromatic nitrogens is 1. The van der Waals surface area contributed by atoms with Crippen molar-refractivity contribution in [2.45, 2.75) is 23.3 Å². The van der Waals surface area contributed by atoms with Crippen LogP contribution in [0.5, 0.6) is 5.75 Å². The molecule has 1 saturated heterocycles. The molecule has 1 amide bonds. The number of rotatable bonds is 7. The smallest absolute Gasteiger partial charge is 0.248 e. The lowest BCUT2D eigenvalue weighted by atomic mass is 10.0. The lowest BCUT2D eigenvalue weighted by Crippen LogP contribution is -2.15. The van der Waals surface area contributed by atoms with Crippen LogP contribution >= 0.6 is 23.4 Å². The Labute approximate surface area is 206 Å². The summed E-state index contributed by atoms with van der Waals surface area (Å²) in [6.07, 6.45) is 0.858. The SMILES string of the molecule is [C-]#[N+]c1c(Cl)nc(SCc2cccc(C(N)=O)c2)c(C#N)c1-c1ccc(OC2CCOC2)cc1. The molecule has 2 aromatic carbocycles.